The molecule has 0 radical (unpaired) electrons. The number of hydrogen-bond donors (Lipinski definition) is 2. The van der Waals surface area contributed by atoms with Crippen molar-refractivity contribution < 1.29 is 9.21 Å². The fourth-order valence-corrected chi connectivity index (χ4v) is 1.85. The molecular formula is C17H22N2O2. The first-order chi connectivity index (χ1) is 10.1. The molecule has 1 heterocycles. The van der Waals surface area contributed by atoms with E-state index in [1.54, 1.807) is 0 Å². The summed E-state index contributed by atoms with van der Waals surface area (Å²) in [5, 5.41) is 6.16. The Labute approximate surface area is 125 Å². The van der Waals surface area contributed by atoms with Crippen LogP contribution in [0.1, 0.15) is 32.3 Å². The van der Waals surface area contributed by atoms with Crippen LogP contribution in [-0.2, 0) is 17.8 Å². The summed E-state index contributed by atoms with van der Waals surface area (Å²) in [6.45, 7) is 6.47. The van der Waals surface area contributed by atoms with Crippen LogP contribution in [0.25, 0.3) is 0 Å². The highest BCUT2D eigenvalue weighted by atomic mass is 16.3. The highest BCUT2D eigenvalue weighted by molar-refractivity contribution is 5.92. The maximum absolute atomic E-state index is 11.6. The number of furan rings is 1. The largest absolute Gasteiger partial charge is 0.464 e. The number of aryl methyl sites for hydroxylation is 1. The molecule has 4 nitrogen and oxygen atoms in total. The second-order valence-corrected chi connectivity index (χ2v) is 5.30. The monoisotopic (exact) mass is 286 g/mol. The van der Waals surface area contributed by atoms with Gasteiger partial charge in [-0.1, -0.05) is 20.8 Å². The van der Waals surface area contributed by atoms with E-state index in [4.69, 9.17) is 4.42 Å². The summed E-state index contributed by atoms with van der Waals surface area (Å²) >= 11 is 0. The lowest BCUT2D eigenvalue weighted by Crippen LogP contribution is -2.17. The molecule has 1 aromatic heterocycles. The SMILES string of the molecule is CCc1ccc(CNc2ccc(NC(=O)C(C)C)cc2)o1. The molecule has 0 aliphatic rings. The first-order valence-electron chi connectivity index (χ1n) is 7.31. The maximum Gasteiger partial charge on any atom is 0.226 e. The number of benzene rings is 1. The van der Waals surface area contributed by atoms with Gasteiger partial charge in [0.1, 0.15) is 11.5 Å². The molecule has 0 unspecified atom stereocenters. The molecule has 0 saturated carbocycles. The molecule has 0 saturated heterocycles. The van der Waals surface area contributed by atoms with E-state index in [0.29, 0.717) is 6.54 Å². The van der Waals surface area contributed by atoms with Crippen molar-refractivity contribution in [2.45, 2.75) is 33.7 Å². The van der Waals surface area contributed by atoms with E-state index in [1.165, 1.54) is 0 Å². The zero-order valence-electron chi connectivity index (χ0n) is 12.8. The van der Waals surface area contributed by atoms with Gasteiger partial charge in [-0.3, -0.25) is 4.79 Å². The van der Waals surface area contributed by atoms with E-state index in [0.717, 1.165) is 29.3 Å². The Bertz CT molecular complexity index is 585. The van der Waals surface area contributed by atoms with Crippen molar-refractivity contribution >= 4 is 17.3 Å². The number of carbonyl (C=O) groups is 1. The van der Waals surface area contributed by atoms with Crippen LogP contribution in [0, 0.1) is 5.92 Å². The lowest BCUT2D eigenvalue weighted by atomic mass is 10.2. The van der Waals surface area contributed by atoms with Crippen LogP contribution >= 0.6 is 0 Å². The van der Waals surface area contributed by atoms with Gasteiger partial charge in [0.25, 0.3) is 0 Å². The summed E-state index contributed by atoms with van der Waals surface area (Å²) in [7, 11) is 0. The van der Waals surface area contributed by atoms with Crippen molar-refractivity contribution in [1.82, 2.24) is 0 Å². The maximum atomic E-state index is 11.6. The highest BCUT2D eigenvalue weighted by Gasteiger charge is 2.06. The molecule has 0 bridgehead atoms. The molecule has 2 N–H and O–H groups in total. The van der Waals surface area contributed by atoms with Gasteiger partial charge in [0, 0.05) is 23.7 Å². The molecular weight excluding hydrogens is 264 g/mol. The average Bonchev–Trinajstić information content (AvgIpc) is 2.94. The zero-order chi connectivity index (χ0) is 15.2. The predicted molar refractivity (Wildman–Crippen MR) is 85.3 cm³/mol. The summed E-state index contributed by atoms with van der Waals surface area (Å²) in [5.74, 6) is 1.93. The molecule has 0 fully saturated rings. The highest BCUT2D eigenvalue weighted by Crippen LogP contribution is 2.16. The van der Waals surface area contributed by atoms with Crippen molar-refractivity contribution in [3.63, 3.8) is 0 Å². The van der Waals surface area contributed by atoms with Crippen LogP contribution < -0.4 is 10.6 Å². The number of carbonyl (C=O) groups excluding carboxylic acids is 1. The van der Waals surface area contributed by atoms with Crippen molar-refractivity contribution in [3.05, 3.63) is 47.9 Å². The minimum absolute atomic E-state index is 0.0190. The van der Waals surface area contributed by atoms with Gasteiger partial charge in [0.15, 0.2) is 0 Å². The Kier molecular flexibility index (Phi) is 5.04. The molecule has 0 aliphatic carbocycles. The van der Waals surface area contributed by atoms with Crippen LogP contribution in [0.15, 0.2) is 40.8 Å². The Balaban J connectivity index is 1.88. The number of anilines is 2. The van der Waals surface area contributed by atoms with Crippen molar-refractivity contribution in [3.8, 4) is 0 Å². The van der Waals surface area contributed by atoms with E-state index in [-0.39, 0.29) is 11.8 Å². The fourth-order valence-electron chi connectivity index (χ4n) is 1.85. The van der Waals surface area contributed by atoms with Crippen LogP contribution in [0.5, 0.6) is 0 Å². The fraction of sp³-hybridized carbons (Fsp3) is 0.353. The Morgan fingerprint density at radius 3 is 2.24 bits per heavy atom. The molecule has 0 spiro atoms. The Morgan fingerprint density at radius 1 is 1.05 bits per heavy atom. The summed E-state index contributed by atoms with van der Waals surface area (Å²) < 4.78 is 5.64. The molecule has 0 atom stereocenters. The normalized spacial score (nSPS) is 10.7. The molecule has 1 amide bonds. The van der Waals surface area contributed by atoms with Crippen LogP contribution in [0.4, 0.5) is 11.4 Å². The molecule has 1 aromatic carbocycles. The zero-order valence-corrected chi connectivity index (χ0v) is 12.8. The van der Waals surface area contributed by atoms with Gasteiger partial charge in [0.2, 0.25) is 5.91 Å². The third kappa shape index (κ3) is 4.38. The standard InChI is InChI=1S/C17H22N2O2/c1-4-15-9-10-16(21-15)11-18-13-5-7-14(8-6-13)19-17(20)12(2)3/h5-10,12,18H,4,11H2,1-3H3,(H,19,20). The summed E-state index contributed by atoms with van der Waals surface area (Å²) in [6.07, 6.45) is 0.907. The lowest BCUT2D eigenvalue weighted by Gasteiger charge is -2.09. The minimum atomic E-state index is -0.0190. The van der Waals surface area contributed by atoms with Gasteiger partial charge in [-0.2, -0.15) is 0 Å². The number of nitrogens with one attached hydrogen (secondary N) is 2. The van der Waals surface area contributed by atoms with Gasteiger partial charge in [-0.25, -0.2) is 0 Å². The van der Waals surface area contributed by atoms with E-state index >= 15 is 0 Å². The smallest absolute Gasteiger partial charge is 0.226 e. The number of amides is 1. The summed E-state index contributed by atoms with van der Waals surface area (Å²) in [5.41, 5.74) is 1.80. The van der Waals surface area contributed by atoms with Gasteiger partial charge in [0.05, 0.1) is 6.54 Å². The number of hydrogen-bond acceptors (Lipinski definition) is 3. The molecule has 21 heavy (non-hydrogen) atoms. The predicted octanol–water partition coefficient (Wildman–Crippen LogP) is 4.05. The minimum Gasteiger partial charge on any atom is -0.464 e. The molecule has 112 valence electrons. The summed E-state index contributed by atoms with van der Waals surface area (Å²) in [4.78, 5) is 11.6. The first-order valence-corrected chi connectivity index (χ1v) is 7.31. The topological polar surface area (TPSA) is 54.3 Å². The van der Waals surface area contributed by atoms with Crippen molar-refractivity contribution in [2.24, 2.45) is 5.92 Å². The van der Waals surface area contributed by atoms with E-state index in [9.17, 15) is 4.79 Å². The molecule has 0 aliphatic heterocycles. The van der Waals surface area contributed by atoms with Gasteiger partial charge >= 0.3 is 0 Å². The molecule has 4 heteroatoms. The van der Waals surface area contributed by atoms with E-state index < -0.39 is 0 Å². The van der Waals surface area contributed by atoms with Gasteiger partial charge in [-0.05, 0) is 36.4 Å². The van der Waals surface area contributed by atoms with Crippen LogP contribution in [0.3, 0.4) is 0 Å². The van der Waals surface area contributed by atoms with Crippen LogP contribution in [-0.4, -0.2) is 5.91 Å². The number of rotatable bonds is 6. The molecule has 2 aromatic rings. The second kappa shape index (κ2) is 6.97. The lowest BCUT2D eigenvalue weighted by molar-refractivity contribution is -0.118. The Morgan fingerprint density at radius 2 is 1.67 bits per heavy atom. The Hall–Kier alpha value is -2.23. The molecule has 2 rings (SSSR count). The van der Waals surface area contributed by atoms with E-state index in [2.05, 4.69) is 17.6 Å². The average molecular weight is 286 g/mol. The second-order valence-electron chi connectivity index (χ2n) is 5.30. The van der Waals surface area contributed by atoms with Crippen molar-refractivity contribution in [1.29, 1.82) is 0 Å². The quantitative estimate of drug-likeness (QED) is 0.842. The van der Waals surface area contributed by atoms with Gasteiger partial charge < -0.3 is 15.1 Å². The third-order valence-corrected chi connectivity index (χ3v) is 3.21. The first kappa shape index (κ1) is 15.2. The van der Waals surface area contributed by atoms with E-state index in [1.807, 2.05) is 50.2 Å². The summed E-state index contributed by atoms with van der Waals surface area (Å²) in [6, 6.07) is 11.7. The van der Waals surface area contributed by atoms with Crippen molar-refractivity contribution in [2.75, 3.05) is 10.6 Å². The van der Waals surface area contributed by atoms with Gasteiger partial charge in [-0.15, -0.1) is 0 Å². The third-order valence-electron chi connectivity index (χ3n) is 3.21. The van der Waals surface area contributed by atoms with Crippen LogP contribution in [0.2, 0.25) is 0 Å².